The average molecular weight is 1960 g/mol. The number of primary amides is 1. The summed E-state index contributed by atoms with van der Waals surface area (Å²) in [6.07, 6.45) is 4.55. The normalized spacial score (nSPS) is 15.2. The number of fused-ring (bicyclic) bond motifs is 4. The number of nitrogens with two attached hydrogens (primary N) is 1. The van der Waals surface area contributed by atoms with Crippen LogP contribution in [0, 0.1) is 42.4 Å². The molecule has 3 aromatic heterocycles. The first-order chi connectivity index (χ1) is 66.9. The van der Waals surface area contributed by atoms with Crippen LogP contribution >= 0.6 is 11.3 Å². The van der Waals surface area contributed by atoms with Crippen LogP contribution in [-0.2, 0) is 102 Å². The molecule has 4 aromatic carbocycles. The van der Waals surface area contributed by atoms with E-state index in [-0.39, 0.29) is 193 Å². The van der Waals surface area contributed by atoms with E-state index in [0.29, 0.717) is 50.7 Å². The molecular weight excluding hydrogens is 1810 g/mol. The number of Topliss-reactive ketones (excluding diaryl/α,β-unsaturated/α-hetero) is 3. The molecule has 2 aliphatic rings. The van der Waals surface area contributed by atoms with Gasteiger partial charge in [-0.3, -0.25) is 52.8 Å². The van der Waals surface area contributed by atoms with Crippen molar-refractivity contribution in [2.45, 2.75) is 253 Å². The fourth-order valence-electron chi connectivity index (χ4n) is 18.1. The molecule has 9 rings (SSSR count). The minimum absolute atomic E-state index is 0.0105. The van der Waals surface area contributed by atoms with Crippen LogP contribution in [0.2, 0.25) is 0 Å². The first-order valence-electron chi connectivity index (χ1n) is 48.8. The van der Waals surface area contributed by atoms with E-state index in [1.807, 2.05) is 181 Å². The molecule has 0 radical (unpaired) electrons. The number of carboxylic acid groups (broad SMARTS) is 1. The number of amides is 10. The van der Waals surface area contributed by atoms with Gasteiger partial charge in [0, 0.05) is 148 Å². The summed E-state index contributed by atoms with van der Waals surface area (Å²) in [5.74, 6) is -5.91. The van der Waals surface area contributed by atoms with Gasteiger partial charge < -0.3 is 80.2 Å². The number of hydrogen-bond acceptors (Lipinski definition) is 23. The van der Waals surface area contributed by atoms with E-state index in [9.17, 15) is 67.4 Å². The van der Waals surface area contributed by atoms with Gasteiger partial charge in [0.15, 0.2) is 11.6 Å². The number of likely N-dealkylation sites (N-methyl/N-ethyl adjacent to an activating group) is 2. The molecule has 7 aromatic rings. The summed E-state index contributed by atoms with van der Waals surface area (Å²) in [7, 11) is 9.75. The summed E-state index contributed by atoms with van der Waals surface area (Å²) in [6, 6.07) is 34.0. The lowest BCUT2D eigenvalue weighted by atomic mass is 9.88. The number of benzene rings is 4. The molecule has 10 amide bonds. The second-order valence-electron chi connectivity index (χ2n) is 37.4. The highest BCUT2D eigenvalue weighted by atomic mass is 32.1. The maximum atomic E-state index is 14.6. The Morgan fingerprint density at radius 1 is 0.629 bits per heavy atom. The van der Waals surface area contributed by atoms with Gasteiger partial charge >= 0.3 is 24.2 Å². The predicted octanol–water partition coefficient (Wildman–Crippen LogP) is 13.1. The minimum Gasteiger partial charge on any atom is -0.481 e. The van der Waals surface area contributed by atoms with E-state index in [1.54, 1.807) is 64.6 Å². The average Bonchev–Trinajstić information content (AvgIpc) is 1.61. The Labute approximate surface area is 827 Å². The number of carbonyl (C=O) groups is 13. The summed E-state index contributed by atoms with van der Waals surface area (Å²) in [5.41, 5.74) is 14.0. The van der Waals surface area contributed by atoms with E-state index in [0.717, 1.165) is 61.5 Å². The van der Waals surface area contributed by atoms with Gasteiger partial charge in [-0.05, 0) is 127 Å². The molecule has 1 aliphatic carbocycles. The van der Waals surface area contributed by atoms with Gasteiger partial charge in [-0.25, -0.2) is 34.4 Å². The SMILES string of the molecule is CCC(=O)[C@H](CCCNC(N)=O)NC(=O)[C@@H](CC(=O)CCOCCOCCCC(=O)[C@H](CCC(=O)O)NC(=O)CCn1c(CN(C)N(C)C(=O)OCC2c3ccccc3-c3ccccc32)cc2cccnc21)C(C)C.CC[C@H](C)[C@@H]([C@@H](CC(=O)N1CCC[C@H]1[C@H](OC)[C@@H](C)C(=O)N[C@@H](Cc1ccccc1)c1nccs1)OC)N(C)C(=O)[C@@H](NC(=O)[C@H](C(C)C)N(C)C(=O)OCc1ccc(C)cc1)C(C)C. The number of urea groups is 1. The fourth-order valence-corrected chi connectivity index (χ4v) is 18.8. The van der Waals surface area contributed by atoms with Crippen LogP contribution in [0.3, 0.4) is 0 Å². The lowest BCUT2D eigenvalue weighted by Crippen LogP contribution is -2.60. The quantitative estimate of drug-likeness (QED) is 0.0137. The molecule has 34 nitrogen and oxygen atoms in total. The predicted molar refractivity (Wildman–Crippen MR) is 534 cm³/mol. The third-order valence-electron chi connectivity index (χ3n) is 26.3. The van der Waals surface area contributed by atoms with Crippen LogP contribution in [0.15, 0.2) is 139 Å². The molecule has 1 fully saturated rings. The topological polar surface area (TPSA) is 431 Å². The Morgan fingerprint density at radius 3 is 1.91 bits per heavy atom. The van der Waals surface area contributed by atoms with Gasteiger partial charge in [-0.1, -0.05) is 184 Å². The Bertz CT molecular complexity index is 5150. The summed E-state index contributed by atoms with van der Waals surface area (Å²) >= 11 is 1.49. The van der Waals surface area contributed by atoms with Crippen LogP contribution in [0.25, 0.3) is 22.2 Å². The van der Waals surface area contributed by atoms with Crippen LogP contribution in [0.1, 0.15) is 210 Å². The van der Waals surface area contributed by atoms with Crippen molar-refractivity contribution in [1.82, 2.24) is 65.8 Å². The second-order valence-corrected chi connectivity index (χ2v) is 38.3. The first kappa shape index (κ1) is 113. The summed E-state index contributed by atoms with van der Waals surface area (Å²) in [6.45, 7) is 22.8. The molecule has 4 heterocycles. The van der Waals surface area contributed by atoms with Crippen molar-refractivity contribution >= 4 is 99.3 Å². The zero-order valence-corrected chi connectivity index (χ0v) is 85.3. The summed E-state index contributed by atoms with van der Waals surface area (Å²) in [4.78, 5) is 185. The number of aryl methyl sites for hydroxylation is 2. The molecule has 0 spiro atoms. The number of aromatic nitrogens is 3. The summed E-state index contributed by atoms with van der Waals surface area (Å²) < 4.78 is 36.7. The zero-order valence-electron chi connectivity index (χ0n) is 84.5. The fraction of sp³-hybridized carbons (Fsp3) is 0.552. The van der Waals surface area contributed by atoms with E-state index in [4.69, 9.17) is 34.2 Å². The van der Waals surface area contributed by atoms with Gasteiger partial charge in [0.1, 0.15) is 41.7 Å². The maximum absolute atomic E-state index is 14.6. The van der Waals surface area contributed by atoms with Gasteiger partial charge in [0.05, 0.1) is 81.1 Å². The molecule has 1 saturated heterocycles. The minimum atomic E-state index is -1.10. The number of hydrogen-bond donors (Lipinski definition) is 7. The number of aliphatic carboxylic acids is 1. The molecule has 12 atom stereocenters. The van der Waals surface area contributed by atoms with Crippen LogP contribution < -0.4 is 32.3 Å². The lowest BCUT2D eigenvalue weighted by Gasteiger charge is -2.41. The number of carboxylic acids is 1. The van der Waals surface area contributed by atoms with Crippen LogP contribution in [0.5, 0.6) is 0 Å². The van der Waals surface area contributed by atoms with Crippen molar-refractivity contribution in [3.05, 3.63) is 178 Å². The van der Waals surface area contributed by atoms with E-state index >= 15 is 0 Å². The maximum Gasteiger partial charge on any atom is 0.424 e. The first-order valence-corrected chi connectivity index (χ1v) is 49.7. The highest BCUT2D eigenvalue weighted by Gasteiger charge is 2.45. The van der Waals surface area contributed by atoms with Crippen LogP contribution in [-0.4, -0.2) is 258 Å². The number of thiazole rings is 1. The van der Waals surface area contributed by atoms with Crippen molar-refractivity contribution < 1.29 is 95.9 Å². The second kappa shape index (κ2) is 57.1. The highest BCUT2D eigenvalue weighted by molar-refractivity contribution is 7.09. The molecular formula is C105H148N14O20S. The smallest absolute Gasteiger partial charge is 0.424 e. The molecule has 0 saturated carbocycles. The summed E-state index contributed by atoms with van der Waals surface area (Å²) in [5, 5.41) is 30.3. The number of ether oxygens (including phenoxy) is 6. The number of hydrazine groups is 1. The molecule has 0 bridgehead atoms. The molecule has 0 unspecified atom stereocenters. The van der Waals surface area contributed by atoms with Crippen molar-refractivity contribution in [3.63, 3.8) is 0 Å². The van der Waals surface area contributed by atoms with Gasteiger partial charge in [0.25, 0.3) is 0 Å². The van der Waals surface area contributed by atoms with E-state index < -0.39 is 90.3 Å². The van der Waals surface area contributed by atoms with Crippen LogP contribution in [0.4, 0.5) is 14.4 Å². The third-order valence-corrected chi connectivity index (χ3v) is 27.2. The Kier molecular flexibility index (Phi) is 46.3. The van der Waals surface area contributed by atoms with Gasteiger partial charge in [0.2, 0.25) is 35.4 Å². The van der Waals surface area contributed by atoms with E-state index in [2.05, 4.69) is 60.8 Å². The Balaban J connectivity index is 0.000000347. The number of likely N-dealkylation sites (tertiary alicyclic amines) is 1. The number of methoxy groups -OCH3 is 2. The number of nitrogens with zero attached hydrogens (tertiary/aromatic N) is 8. The standard InChI is InChI=1S/C55H74N8O12.C50H74N6O8S/c1-6-48(65)46(19-12-26-58-54(56)71)60-53(70)44(36(2)3)33-39(64)24-29-74-31-30-73-28-13-20-49(66)47(21-22-51(68)69)59-50(67)23-27-63-38(32-37-14-11-25-57-52(37)63)34-61(4)62(5)55(72)75-35-45-42-17-9-7-15-40(42)41-16-8-10-18-43(41)45;1-13-34(7)44(54(9)49(60)42(31(2)3)53-47(59)43(32(4)5)55(10)50(61)64-30-37-23-21-33(6)22-24-37)40(62-11)29-41(57)56-26-17-20-39(56)45(63-12)35(8)46(58)52-38(48-51-25-27-65-48)28-36-18-15-14-16-19-36/h7-11,14-18,25,32,36,44-47H,6,12-13,19-24,26-31,33-35H2,1-5H3,(H,59,67)(H,60,70)(H,68,69)(H3,56,58,71);14-16,18-19,21-25,27,31-32,34-35,38-40,42-45H,13,17,20,26,28-30H2,1-12H3,(H,52,58)(H,53,59)/t44-,46-,47-;34-,35+,38-,39-,40+,42-,43-,44-,45+/m00/s1. The number of carbonyl (C=O) groups excluding carboxylic acids is 12. The largest absolute Gasteiger partial charge is 0.481 e. The van der Waals surface area contributed by atoms with Crippen molar-refractivity contribution in [2.75, 3.05) is 88.5 Å². The van der Waals surface area contributed by atoms with Crippen molar-refractivity contribution in [2.24, 2.45) is 41.2 Å². The number of ketones is 3. The van der Waals surface area contributed by atoms with Crippen molar-refractivity contribution in [1.29, 1.82) is 0 Å². The number of rotatable bonds is 57. The molecule has 764 valence electrons. The zero-order chi connectivity index (χ0) is 102. The Hall–Kier alpha value is -11.9. The van der Waals surface area contributed by atoms with E-state index in [1.165, 1.54) is 28.3 Å². The van der Waals surface area contributed by atoms with Crippen molar-refractivity contribution in [3.8, 4) is 11.1 Å². The highest BCUT2D eigenvalue weighted by Crippen LogP contribution is 2.45. The molecule has 35 heteroatoms. The monoisotopic (exact) mass is 1960 g/mol. The van der Waals surface area contributed by atoms with Gasteiger partial charge in [-0.2, -0.15) is 0 Å². The van der Waals surface area contributed by atoms with Gasteiger partial charge in [-0.15, -0.1) is 11.3 Å². The lowest BCUT2D eigenvalue weighted by molar-refractivity contribution is -0.148. The molecule has 140 heavy (non-hydrogen) atoms. The number of nitrogens with one attached hydrogen (secondary N) is 5. The number of pyridine rings is 1. The molecule has 1 aliphatic heterocycles. The molecule has 8 N–H and O–H groups in total. The third kappa shape index (κ3) is 33.4. The Morgan fingerprint density at radius 2 is 1.29 bits per heavy atom.